The van der Waals surface area contributed by atoms with Gasteiger partial charge in [-0.3, -0.25) is 19.3 Å². The van der Waals surface area contributed by atoms with Gasteiger partial charge in [-0.2, -0.15) is 0 Å². The van der Waals surface area contributed by atoms with E-state index in [4.69, 9.17) is 20.8 Å². The number of carbonyl (C=O) groups is 3. The molecular formula is C27H24ClN3O5S. The van der Waals surface area contributed by atoms with Crippen LogP contribution in [-0.4, -0.2) is 66.7 Å². The van der Waals surface area contributed by atoms with Gasteiger partial charge in [0.05, 0.1) is 17.6 Å². The van der Waals surface area contributed by atoms with E-state index in [9.17, 15) is 14.4 Å². The summed E-state index contributed by atoms with van der Waals surface area (Å²) in [7, 11) is 1.55. The molecule has 2 aliphatic rings. The highest BCUT2D eigenvalue weighted by molar-refractivity contribution is 8.18. The second kappa shape index (κ2) is 10.7. The molecule has 10 heteroatoms. The van der Waals surface area contributed by atoms with Crippen LogP contribution in [0.1, 0.15) is 5.76 Å². The third kappa shape index (κ3) is 5.38. The van der Waals surface area contributed by atoms with Crippen LogP contribution in [0.15, 0.2) is 70.0 Å². The molecule has 0 N–H and O–H groups in total. The van der Waals surface area contributed by atoms with E-state index < -0.39 is 11.1 Å². The fourth-order valence-electron chi connectivity index (χ4n) is 4.30. The minimum absolute atomic E-state index is 0.200. The van der Waals surface area contributed by atoms with E-state index >= 15 is 0 Å². The van der Waals surface area contributed by atoms with Crippen molar-refractivity contribution < 1.29 is 23.5 Å². The van der Waals surface area contributed by atoms with Gasteiger partial charge >= 0.3 is 0 Å². The Morgan fingerprint density at radius 3 is 2.54 bits per heavy atom. The molecule has 3 heterocycles. The maximum absolute atomic E-state index is 13.0. The highest BCUT2D eigenvalue weighted by atomic mass is 35.5. The minimum Gasteiger partial charge on any atom is -0.496 e. The second-order valence-electron chi connectivity index (χ2n) is 8.52. The smallest absolute Gasteiger partial charge is 0.294 e. The third-order valence-electron chi connectivity index (χ3n) is 6.25. The van der Waals surface area contributed by atoms with Crippen molar-refractivity contribution in [1.82, 2.24) is 9.80 Å². The zero-order valence-corrected chi connectivity index (χ0v) is 21.6. The molecule has 2 fully saturated rings. The van der Waals surface area contributed by atoms with Crippen molar-refractivity contribution in [1.29, 1.82) is 0 Å². The second-order valence-corrected chi connectivity index (χ2v) is 9.95. The predicted octanol–water partition coefficient (Wildman–Crippen LogP) is 4.99. The van der Waals surface area contributed by atoms with E-state index in [0.717, 1.165) is 22.3 Å². The summed E-state index contributed by atoms with van der Waals surface area (Å²) in [4.78, 5) is 43.5. The number of imide groups is 1. The number of anilines is 1. The number of hydrogen-bond donors (Lipinski definition) is 0. The Labute approximate surface area is 223 Å². The van der Waals surface area contributed by atoms with Gasteiger partial charge < -0.3 is 19.0 Å². The van der Waals surface area contributed by atoms with Crippen molar-refractivity contribution in [3.63, 3.8) is 0 Å². The molecule has 3 aromatic rings. The number of amides is 3. The molecule has 2 aliphatic heterocycles. The summed E-state index contributed by atoms with van der Waals surface area (Å²) < 4.78 is 11.3. The maximum Gasteiger partial charge on any atom is 0.294 e. The Morgan fingerprint density at radius 2 is 1.81 bits per heavy atom. The Hall–Kier alpha value is -3.69. The lowest BCUT2D eigenvalue weighted by Crippen LogP contribution is -2.51. The molecular weight excluding hydrogens is 514 g/mol. The standard InChI is InChI=1S/C27H24ClN3O5S/c1-35-22-9-7-18(28)15-21(22)23-10-8-20(36-23)16-24-26(33)31(27(34)37-24)17-25(32)30-13-11-29(12-14-30)19-5-3-2-4-6-19/h2-10,15-16H,11-14,17H2,1H3/b24-16+. The Morgan fingerprint density at radius 1 is 1.05 bits per heavy atom. The first kappa shape index (κ1) is 25.0. The Balaban J connectivity index is 1.23. The van der Waals surface area contributed by atoms with Crippen LogP contribution in [0.3, 0.4) is 0 Å². The van der Waals surface area contributed by atoms with E-state index in [0.29, 0.717) is 54.0 Å². The number of methoxy groups -OCH3 is 1. The molecule has 0 saturated carbocycles. The molecule has 0 radical (unpaired) electrons. The van der Waals surface area contributed by atoms with Gasteiger partial charge in [-0.25, -0.2) is 0 Å². The van der Waals surface area contributed by atoms with Crippen molar-refractivity contribution in [3.05, 3.63) is 76.4 Å². The number of rotatable bonds is 6. The SMILES string of the molecule is COc1ccc(Cl)cc1-c1ccc(/C=C2/SC(=O)N(CC(=O)N3CCN(c4ccccc4)CC3)C2=O)o1. The number of piperazine rings is 1. The molecule has 0 aliphatic carbocycles. The van der Waals surface area contributed by atoms with Crippen molar-refractivity contribution in [3.8, 4) is 17.1 Å². The van der Waals surface area contributed by atoms with Crippen LogP contribution >= 0.6 is 23.4 Å². The quantitative estimate of drug-likeness (QED) is 0.409. The lowest BCUT2D eigenvalue weighted by Gasteiger charge is -2.36. The van der Waals surface area contributed by atoms with Crippen molar-refractivity contribution >= 4 is 52.2 Å². The van der Waals surface area contributed by atoms with Crippen LogP contribution in [-0.2, 0) is 9.59 Å². The highest BCUT2D eigenvalue weighted by Gasteiger charge is 2.37. The monoisotopic (exact) mass is 537 g/mol. The molecule has 1 aromatic heterocycles. The normalized spacial score (nSPS) is 17.1. The molecule has 0 unspecified atom stereocenters. The summed E-state index contributed by atoms with van der Waals surface area (Å²) >= 11 is 6.91. The average Bonchev–Trinajstić information content (AvgIpc) is 3.49. The number of nitrogens with zero attached hydrogens (tertiary/aromatic N) is 3. The van der Waals surface area contributed by atoms with Crippen molar-refractivity contribution in [2.75, 3.05) is 44.7 Å². The van der Waals surface area contributed by atoms with E-state index in [2.05, 4.69) is 4.90 Å². The average molecular weight is 538 g/mol. The molecule has 190 valence electrons. The topological polar surface area (TPSA) is 83.3 Å². The first-order chi connectivity index (χ1) is 17.9. The van der Waals surface area contributed by atoms with Gasteiger partial charge in [0.15, 0.2) is 0 Å². The Kier molecular flexibility index (Phi) is 7.25. The van der Waals surface area contributed by atoms with E-state index in [-0.39, 0.29) is 17.4 Å². The maximum atomic E-state index is 13.0. The Bertz CT molecular complexity index is 1370. The fraction of sp³-hybridized carbons (Fsp3) is 0.222. The van der Waals surface area contributed by atoms with Gasteiger partial charge in [0.2, 0.25) is 5.91 Å². The lowest BCUT2D eigenvalue weighted by molar-refractivity contribution is -0.136. The molecule has 2 saturated heterocycles. The van der Waals surface area contributed by atoms with Gasteiger partial charge in [-0.1, -0.05) is 29.8 Å². The molecule has 3 amide bonds. The molecule has 5 rings (SSSR count). The van der Waals surface area contributed by atoms with Gasteiger partial charge in [-0.15, -0.1) is 0 Å². The molecule has 37 heavy (non-hydrogen) atoms. The first-order valence-electron chi connectivity index (χ1n) is 11.7. The van der Waals surface area contributed by atoms with Crippen molar-refractivity contribution in [2.45, 2.75) is 0 Å². The van der Waals surface area contributed by atoms with Crippen LogP contribution in [0, 0.1) is 0 Å². The van der Waals surface area contributed by atoms with Crippen LogP contribution < -0.4 is 9.64 Å². The number of carbonyl (C=O) groups excluding carboxylic acids is 3. The van der Waals surface area contributed by atoms with E-state index in [1.54, 1.807) is 42.3 Å². The number of benzene rings is 2. The minimum atomic E-state index is -0.510. The summed E-state index contributed by atoms with van der Waals surface area (Å²) in [6.07, 6.45) is 1.51. The molecule has 0 atom stereocenters. The largest absolute Gasteiger partial charge is 0.496 e. The number of ether oxygens (including phenoxy) is 1. The van der Waals surface area contributed by atoms with E-state index in [1.165, 1.54) is 6.08 Å². The van der Waals surface area contributed by atoms with Gasteiger partial charge in [0.1, 0.15) is 23.8 Å². The van der Waals surface area contributed by atoms with E-state index in [1.807, 2.05) is 30.3 Å². The lowest BCUT2D eigenvalue weighted by atomic mass is 10.1. The van der Waals surface area contributed by atoms with Crippen LogP contribution in [0.5, 0.6) is 5.75 Å². The number of halogens is 1. The van der Waals surface area contributed by atoms with Gasteiger partial charge in [0.25, 0.3) is 11.1 Å². The molecule has 0 bridgehead atoms. The predicted molar refractivity (Wildman–Crippen MR) is 144 cm³/mol. The van der Waals surface area contributed by atoms with Gasteiger partial charge in [0, 0.05) is 43.0 Å². The molecule has 0 spiro atoms. The zero-order valence-electron chi connectivity index (χ0n) is 20.1. The summed E-state index contributed by atoms with van der Waals surface area (Å²) in [6.45, 7) is 2.16. The number of hydrogen-bond acceptors (Lipinski definition) is 7. The number of thioether (sulfide) groups is 1. The highest BCUT2D eigenvalue weighted by Crippen LogP contribution is 2.36. The molecule has 2 aromatic carbocycles. The van der Waals surface area contributed by atoms with Crippen LogP contribution in [0.25, 0.3) is 17.4 Å². The molecule has 8 nitrogen and oxygen atoms in total. The van der Waals surface area contributed by atoms with Crippen LogP contribution in [0.2, 0.25) is 5.02 Å². The van der Waals surface area contributed by atoms with Crippen LogP contribution in [0.4, 0.5) is 10.5 Å². The summed E-state index contributed by atoms with van der Waals surface area (Å²) in [5.41, 5.74) is 1.78. The summed E-state index contributed by atoms with van der Waals surface area (Å²) in [6, 6.07) is 18.6. The zero-order chi connectivity index (χ0) is 25.9. The van der Waals surface area contributed by atoms with Crippen molar-refractivity contribution in [2.24, 2.45) is 0 Å². The summed E-state index contributed by atoms with van der Waals surface area (Å²) in [5, 5.41) is 0.0526. The fourth-order valence-corrected chi connectivity index (χ4v) is 5.29. The van der Waals surface area contributed by atoms with Gasteiger partial charge in [-0.05, 0) is 54.2 Å². The third-order valence-corrected chi connectivity index (χ3v) is 7.39. The summed E-state index contributed by atoms with van der Waals surface area (Å²) in [5.74, 6) is 0.739. The first-order valence-corrected chi connectivity index (χ1v) is 12.9. The number of para-hydroxylation sites is 1. The number of furan rings is 1.